The summed E-state index contributed by atoms with van der Waals surface area (Å²) in [6.45, 7) is 0. The number of para-hydroxylation sites is 1. The molecule has 4 rings (SSSR count). The maximum absolute atomic E-state index is 12.1. The van der Waals surface area contributed by atoms with Crippen LogP contribution >= 0.6 is 11.8 Å². The molecule has 1 aliphatic carbocycles. The number of aromatic nitrogens is 5. The molecule has 1 aliphatic rings. The van der Waals surface area contributed by atoms with Gasteiger partial charge in [-0.15, -0.1) is 5.10 Å². The third-order valence-electron chi connectivity index (χ3n) is 3.73. The zero-order valence-electron chi connectivity index (χ0n) is 12.6. The summed E-state index contributed by atoms with van der Waals surface area (Å²) in [5.41, 5.74) is 0.851. The lowest BCUT2D eigenvalue weighted by atomic mass is 10.3. The van der Waals surface area contributed by atoms with Crippen LogP contribution in [0.1, 0.15) is 24.6 Å². The predicted octanol–water partition coefficient (Wildman–Crippen LogP) is 2.39. The molecule has 0 spiro atoms. The van der Waals surface area contributed by atoms with Crippen molar-refractivity contribution >= 4 is 11.8 Å². The summed E-state index contributed by atoms with van der Waals surface area (Å²) < 4.78 is 3.39. The normalized spacial score (nSPS) is 14.1. The highest BCUT2D eigenvalue weighted by molar-refractivity contribution is 7.99. The smallest absolute Gasteiger partial charge is 0.283 e. The third kappa shape index (κ3) is 2.79. The molecule has 1 aromatic carbocycles. The summed E-state index contributed by atoms with van der Waals surface area (Å²) in [6.07, 6.45) is 5.53. The fraction of sp³-hybridized carbons (Fsp3) is 0.250. The summed E-state index contributed by atoms with van der Waals surface area (Å²) in [5.74, 6) is 1.43. The number of hydrogen-bond acceptors (Lipinski definition) is 5. The number of benzene rings is 1. The highest BCUT2D eigenvalue weighted by Gasteiger charge is 2.30. The maximum atomic E-state index is 12.1. The van der Waals surface area contributed by atoms with E-state index in [-0.39, 0.29) is 5.56 Å². The van der Waals surface area contributed by atoms with Gasteiger partial charge in [-0.25, -0.2) is 14.6 Å². The Morgan fingerprint density at radius 1 is 1.22 bits per heavy atom. The van der Waals surface area contributed by atoms with Crippen LogP contribution < -0.4 is 5.56 Å². The summed E-state index contributed by atoms with van der Waals surface area (Å²) in [7, 11) is 1.71. The summed E-state index contributed by atoms with van der Waals surface area (Å²) >= 11 is 1.22. The molecule has 0 atom stereocenters. The molecule has 3 aromatic rings. The van der Waals surface area contributed by atoms with E-state index >= 15 is 0 Å². The van der Waals surface area contributed by atoms with Gasteiger partial charge in [-0.05, 0) is 36.7 Å². The average Bonchev–Trinajstić information content (AvgIpc) is 3.33. The van der Waals surface area contributed by atoms with Gasteiger partial charge in [0.2, 0.25) is 5.16 Å². The molecule has 6 nitrogen and oxygen atoms in total. The predicted molar refractivity (Wildman–Crippen MR) is 86.9 cm³/mol. The molecule has 0 aliphatic heterocycles. The minimum absolute atomic E-state index is 0.137. The minimum atomic E-state index is -0.137. The van der Waals surface area contributed by atoms with E-state index in [9.17, 15) is 4.79 Å². The fourth-order valence-corrected chi connectivity index (χ4v) is 3.12. The molecule has 0 N–H and O–H groups in total. The van der Waals surface area contributed by atoms with E-state index in [0.29, 0.717) is 16.1 Å². The second-order valence-corrected chi connectivity index (χ2v) is 6.48. The molecule has 0 amide bonds. The van der Waals surface area contributed by atoms with Crippen LogP contribution in [0.5, 0.6) is 0 Å². The van der Waals surface area contributed by atoms with Gasteiger partial charge in [0.05, 0.1) is 5.69 Å². The van der Waals surface area contributed by atoms with Crippen LogP contribution in [0.3, 0.4) is 0 Å². The first-order valence-electron chi connectivity index (χ1n) is 7.44. The Labute approximate surface area is 137 Å². The van der Waals surface area contributed by atoms with E-state index < -0.39 is 0 Å². The number of hydrogen-bond donors (Lipinski definition) is 0. The Bertz CT molecular complexity index is 898. The highest BCUT2D eigenvalue weighted by atomic mass is 32.2. The van der Waals surface area contributed by atoms with Gasteiger partial charge in [-0.1, -0.05) is 18.2 Å². The lowest BCUT2D eigenvalue weighted by Gasteiger charge is -2.03. The molecule has 2 aromatic heterocycles. The van der Waals surface area contributed by atoms with Gasteiger partial charge < -0.3 is 4.57 Å². The molecular weight excluding hydrogens is 310 g/mol. The topological polar surface area (TPSA) is 65.6 Å². The summed E-state index contributed by atoms with van der Waals surface area (Å²) in [5, 5.41) is 5.54. The summed E-state index contributed by atoms with van der Waals surface area (Å²) in [6, 6.07) is 9.96. The molecule has 116 valence electrons. The number of rotatable bonds is 4. The Morgan fingerprint density at radius 3 is 2.74 bits per heavy atom. The van der Waals surface area contributed by atoms with Crippen LogP contribution in [-0.4, -0.2) is 24.3 Å². The fourth-order valence-electron chi connectivity index (χ4n) is 2.34. The van der Waals surface area contributed by atoms with Gasteiger partial charge >= 0.3 is 0 Å². The lowest BCUT2D eigenvalue weighted by Crippen LogP contribution is -2.18. The zero-order chi connectivity index (χ0) is 15.8. The Balaban J connectivity index is 1.73. The monoisotopic (exact) mass is 325 g/mol. The molecule has 1 saturated carbocycles. The van der Waals surface area contributed by atoms with E-state index in [0.717, 1.165) is 24.4 Å². The van der Waals surface area contributed by atoms with E-state index in [1.165, 1.54) is 16.3 Å². The van der Waals surface area contributed by atoms with Gasteiger partial charge in [-0.2, -0.15) is 0 Å². The van der Waals surface area contributed by atoms with Crippen molar-refractivity contribution in [3.8, 4) is 5.69 Å². The Hall–Kier alpha value is -2.41. The highest BCUT2D eigenvalue weighted by Crippen LogP contribution is 2.40. The van der Waals surface area contributed by atoms with Crippen LogP contribution in [0.15, 0.2) is 57.7 Å². The van der Waals surface area contributed by atoms with Crippen molar-refractivity contribution in [2.45, 2.75) is 28.9 Å². The Morgan fingerprint density at radius 2 is 2.00 bits per heavy atom. The largest absolute Gasteiger partial charge is 0.315 e. The van der Waals surface area contributed by atoms with Gasteiger partial charge in [0.25, 0.3) is 5.56 Å². The molecule has 0 saturated heterocycles. The maximum Gasteiger partial charge on any atom is 0.283 e. The second kappa shape index (κ2) is 5.66. The van der Waals surface area contributed by atoms with Gasteiger partial charge in [0.1, 0.15) is 5.82 Å². The first kappa shape index (κ1) is 14.2. The van der Waals surface area contributed by atoms with E-state index in [1.54, 1.807) is 19.4 Å². The van der Waals surface area contributed by atoms with Crippen molar-refractivity contribution in [1.82, 2.24) is 24.3 Å². The van der Waals surface area contributed by atoms with Gasteiger partial charge in [0.15, 0.2) is 5.03 Å². The van der Waals surface area contributed by atoms with Crippen molar-refractivity contribution in [2.24, 2.45) is 7.05 Å². The molecule has 0 bridgehead atoms. The first-order chi connectivity index (χ1) is 11.2. The van der Waals surface area contributed by atoms with Crippen LogP contribution in [0.2, 0.25) is 0 Å². The van der Waals surface area contributed by atoms with Crippen LogP contribution in [0.4, 0.5) is 0 Å². The molecule has 23 heavy (non-hydrogen) atoms. The van der Waals surface area contributed by atoms with Gasteiger partial charge in [0, 0.05) is 25.4 Å². The molecule has 2 heterocycles. The van der Waals surface area contributed by atoms with Crippen molar-refractivity contribution in [1.29, 1.82) is 0 Å². The van der Waals surface area contributed by atoms with Crippen molar-refractivity contribution in [3.63, 3.8) is 0 Å². The quantitative estimate of drug-likeness (QED) is 0.737. The molecule has 0 unspecified atom stereocenters. The van der Waals surface area contributed by atoms with Crippen molar-refractivity contribution in [2.75, 3.05) is 0 Å². The van der Waals surface area contributed by atoms with Crippen LogP contribution in [0, 0.1) is 0 Å². The SMILES string of the molecule is Cn1ccnc(Sc2nc(C3CC3)n(-c3ccccc3)n2)c1=O. The van der Waals surface area contributed by atoms with Gasteiger partial charge in [-0.3, -0.25) is 4.79 Å². The molecular formula is C16H15N5OS. The van der Waals surface area contributed by atoms with E-state index in [1.807, 2.05) is 35.0 Å². The first-order valence-corrected chi connectivity index (χ1v) is 8.26. The second-order valence-electron chi connectivity index (χ2n) is 5.52. The van der Waals surface area contributed by atoms with E-state index in [4.69, 9.17) is 0 Å². The van der Waals surface area contributed by atoms with Crippen LogP contribution in [-0.2, 0) is 7.05 Å². The standard InChI is InChI=1S/C16H15N5OS/c1-20-10-9-17-14(15(20)22)23-16-18-13(11-7-8-11)21(19-16)12-5-3-2-4-6-12/h2-6,9-11H,7-8H2,1H3. The zero-order valence-corrected chi connectivity index (χ0v) is 13.4. The van der Waals surface area contributed by atoms with E-state index in [2.05, 4.69) is 15.1 Å². The summed E-state index contributed by atoms with van der Waals surface area (Å²) in [4.78, 5) is 20.9. The average molecular weight is 325 g/mol. The number of nitrogens with zero attached hydrogens (tertiary/aromatic N) is 5. The molecule has 7 heteroatoms. The lowest BCUT2D eigenvalue weighted by molar-refractivity contribution is 0.778. The third-order valence-corrected chi connectivity index (χ3v) is 4.56. The minimum Gasteiger partial charge on any atom is -0.315 e. The number of aryl methyl sites for hydroxylation is 1. The van der Waals surface area contributed by atoms with Crippen LogP contribution in [0.25, 0.3) is 5.69 Å². The molecule has 1 fully saturated rings. The molecule has 0 radical (unpaired) electrons. The van der Waals surface area contributed by atoms with Crippen molar-refractivity contribution < 1.29 is 0 Å². The van der Waals surface area contributed by atoms with Crippen molar-refractivity contribution in [3.05, 3.63) is 58.9 Å². The Kier molecular flexibility index (Phi) is 3.49.